The molecular weight excluding hydrogens is 343 g/mol. The van der Waals surface area contributed by atoms with Crippen molar-refractivity contribution >= 4 is 5.69 Å². The fraction of sp³-hybridized carbons (Fsp3) is 0.167. The Bertz CT molecular complexity index is 952. The van der Waals surface area contributed by atoms with Crippen LogP contribution in [-0.4, -0.2) is 14.5 Å². The lowest BCUT2D eigenvalue weighted by atomic mass is 10.1. The van der Waals surface area contributed by atoms with E-state index in [0.29, 0.717) is 12.2 Å². The first-order chi connectivity index (χ1) is 12.4. The monoisotopic (exact) mass is 357 g/mol. The second-order valence-corrected chi connectivity index (χ2v) is 5.59. The molecule has 2 aromatic heterocycles. The number of hydrogen-bond donors (Lipinski definition) is 1. The number of rotatable bonds is 4. The lowest BCUT2D eigenvalue weighted by Gasteiger charge is -2.12. The highest BCUT2D eigenvalue weighted by Crippen LogP contribution is 2.31. The van der Waals surface area contributed by atoms with Crippen molar-refractivity contribution in [2.24, 2.45) is 0 Å². The van der Waals surface area contributed by atoms with Gasteiger partial charge in [-0.25, -0.2) is 9.97 Å². The summed E-state index contributed by atoms with van der Waals surface area (Å²) in [5, 5.41) is 12.1. The molecule has 0 aliphatic rings. The Kier molecular flexibility index (Phi) is 4.63. The molecule has 0 saturated carbocycles. The van der Waals surface area contributed by atoms with Crippen LogP contribution in [0, 0.1) is 18.3 Å². The van der Waals surface area contributed by atoms with Crippen LogP contribution in [0.2, 0.25) is 0 Å². The van der Waals surface area contributed by atoms with Gasteiger partial charge < -0.3 is 5.32 Å². The molecule has 132 valence electrons. The van der Waals surface area contributed by atoms with Crippen LogP contribution in [0.1, 0.15) is 22.5 Å². The number of anilines is 1. The first-order valence-electron chi connectivity index (χ1n) is 7.69. The first-order valence-corrected chi connectivity index (χ1v) is 7.69. The van der Waals surface area contributed by atoms with Crippen LogP contribution < -0.4 is 5.32 Å². The molecule has 0 unspecified atom stereocenters. The summed E-state index contributed by atoms with van der Waals surface area (Å²) < 4.78 is 40.0. The summed E-state index contributed by atoms with van der Waals surface area (Å²) in [6, 6.07) is 8.52. The van der Waals surface area contributed by atoms with Crippen molar-refractivity contribution in [3.8, 4) is 11.9 Å². The molecule has 5 nitrogen and oxygen atoms in total. The fourth-order valence-corrected chi connectivity index (χ4v) is 2.45. The number of nitrogens with one attached hydrogen (secondary N) is 1. The van der Waals surface area contributed by atoms with Crippen LogP contribution in [0.25, 0.3) is 5.82 Å². The molecule has 0 saturated heterocycles. The van der Waals surface area contributed by atoms with Crippen molar-refractivity contribution in [3.05, 3.63) is 71.4 Å². The number of pyridine rings is 1. The molecule has 3 aromatic rings. The molecule has 0 amide bonds. The number of imidazole rings is 1. The molecule has 3 rings (SSSR count). The Morgan fingerprint density at radius 2 is 2.00 bits per heavy atom. The van der Waals surface area contributed by atoms with Crippen molar-refractivity contribution < 1.29 is 13.2 Å². The Morgan fingerprint density at radius 1 is 1.19 bits per heavy atom. The fourth-order valence-electron chi connectivity index (χ4n) is 2.45. The standard InChI is InChI=1S/C18H14F3N5/c1-12-23-6-7-26(12)17-5-2-13(11-25-17)10-24-16-4-3-15(18(19,20)21)8-14(16)9-22/h2-8,11,24H,10H2,1H3. The van der Waals surface area contributed by atoms with E-state index in [-0.39, 0.29) is 5.56 Å². The highest BCUT2D eigenvalue weighted by molar-refractivity contribution is 5.59. The van der Waals surface area contributed by atoms with E-state index >= 15 is 0 Å². The van der Waals surface area contributed by atoms with E-state index in [4.69, 9.17) is 5.26 Å². The molecule has 0 radical (unpaired) electrons. The van der Waals surface area contributed by atoms with Crippen LogP contribution in [0.3, 0.4) is 0 Å². The molecule has 2 heterocycles. The Labute approximate surface area is 147 Å². The summed E-state index contributed by atoms with van der Waals surface area (Å²) in [7, 11) is 0. The van der Waals surface area contributed by atoms with Crippen LogP contribution in [-0.2, 0) is 12.7 Å². The van der Waals surface area contributed by atoms with Crippen molar-refractivity contribution in [2.75, 3.05) is 5.32 Å². The number of hydrogen-bond acceptors (Lipinski definition) is 4. The van der Waals surface area contributed by atoms with Crippen molar-refractivity contribution in [2.45, 2.75) is 19.6 Å². The topological polar surface area (TPSA) is 66.5 Å². The lowest BCUT2D eigenvalue weighted by Crippen LogP contribution is -2.07. The second kappa shape index (κ2) is 6.88. The largest absolute Gasteiger partial charge is 0.416 e. The molecule has 8 heteroatoms. The quantitative estimate of drug-likeness (QED) is 0.764. The van der Waals surface area contributed by atoms with Gasteiger partial charge in [0.05, 0.1) is 16.8 Å². The predicted octanol–water partition coefficient (Wildman–Crippen LogP) is 4.08. The minimum absolute atomic E-state index is 0.0570. The zero-order valence-electron chi connectivity index (χ0n) is 13.7. The average molecular weight is 357 g/mol. The van der Waals surface area contributed by atoms with Crippen molar-refractivity contribution in [1.82, 2.24) is 14.5 Å². The number of nitrogens with zero attached hydrogens (tertiary/aromatic N) is 4. The normalized spacial score (nSPS) is 11.2. The smallest absolute Gasteiger partial charge is 0.380 e. The zero-order valence-corrected chi connectivity index (χ0v) is 13.7. The number of nitriles is 1. The molecule has 0 aliphatic carbocycles. The van der Waals surface area contributed by atoms with E-state index in [9.17, 15) is 13.2 Å². The summed E-state index contributed by atoms with van der Waals surface area (Å²) in [5.41, 5.74) is 0.269. The zero-order chi connectivity index (χ0) is 18.7. The SMILES string of the molecule is Cc1nccn1-c1ccc(CNc2ccc(C(F)(F)F)cc2C#N)cn1. The number of halogens is 3. The Hall–Kier alpha value is -3.34. The lowest BCUT2D eigenvalue weighted by molar-refractivity contribution is -0.137. The van der Waals surface area contributed by atoms with Crippen LogP contribution >= 0.6 is 0 Å². The minimum atomic E-state index is -4.48. The predicted molar refractivity (Wildman–Crippen MR) is 89.6 cm³/mol. The molecule has 0 bridgehead atoms. The average Bonchev–Trinajstić information content (AvgIpc) is 3.05. The van der Waals surface area contributed by atoms with Crippen LogP contribution in [0.15, 0.2) is 48.9 Å². The molecular formula is C18H14F3N5. The van der Waals surface area contributed by atoms with Gasteiger partial charge in [0.1, 0.15) is 17.7 Å². The first kappa shape index (κ1) is 17.5. The second-order valence-electron chi connectivity index (χ2n) is 5.59. The molecule has 0 fully saturated rings. The molecule has 0 aliphatic heterocycles. The maximum absolute atomic E-state index is 12.7. The molecule has 1 N–H and O–H groups in total. The summed E-state index contributed by atoms with van der Waals surface area (Å²) in [6.07, 6.45) is 0.671. The van der Waals surface area contributed by atoms with E-state index in [1.54, 1.807) is 24.7 Å². The Balaban J connectivity index is 1.73. The third-order valence-corrected chi connectivity index (χ3v) is 3.83. The van der Waals surface area contributed by atoms with E-state index < -0.39 is 11.7 Å². The molecule has 0 spiro atoms. The number of alkyl halides is 3. The van der Waals surface area contributed by atoms with Gasteiger partial charge in [0.15, 0.2) is 0 Å². The van der Waals surface area contributed by atoms with Crippen molar-refractivity contribution in [3.63, 3.8) is 0 Å². The van der Waals surface area contributed by atoms with Gasteiger partial charge in [0.2, 0.25) is 0 Å². The van der Waals surface area contributed by atoms with Gasteiger partial charge >= 0.3 is 6.18 Å². The van der Waals surface area contributed by atoms with Gasteiger partial charge in [-0.2, -0.15) is 18.4 Å². The van der Waals surface area contributed by atoms with Gasteiger partial charge in [0, 0.05) is 25.1 Å². The van der Waals surface area contributed by atoms with E-state index in [0.717, 1.165) is 29.3 Å². The molecule has 1 aromatic carbocycles. The number of benzene rings is 1. The van der Waals surface area contributed by atoms with Crippen molar-refractivity contribution in [1.29, 1.82) is 5.26 Å². The van der Waals surface area contributed by atoms with E-state index in [1.165, 1.54) is 6.07 Å². The maximum atomic E-state index is 12.7. The highest BCUT2D eigenvalue weighted by atomic mass is 19.4. The van der Waals surface area contributed by atoms with Gasteiger partial charge in [0.25, 0.3) is 0 Å². The third-order valence-electron chi connectivity index (χ3n) is 3.83. The van der Waals surface area contributed by atoms with E-state index in [2.05, 4.69) is 15.3 Å². The highest BCUT2D eigenvalue weighted by Gasteiger charge is 2.31. The Morgan fingerprint density at radius 3 is 2.58 bits per heavy atom. The van der Waals surface area contributed by atoms with Gasteiger partial charge in [-0.3, -0.25) is 4.57 Å². The minimum Gasteiger partial charge on any atom is -0.380 e. The van der Waals surface area contributed by atoms with Crippen LogP contribution in [0.5, 0.6) is 0 Å². The third kappa shape index (κ3) is 3.67. The summed E-state index contributed by atoms with van der Waals surface area (Å²) >= 11 is 0. The number of aryl methyl sites for hydroxylation is 1. The summed E-state index contributed by atoms with van der Waals surface area (Å²) in [4.78, 5) is 8.49. The molecule has 26 heavy (non-hydrogen) atoms. The van der Waals surface area contributed by atoms with E-state index in [1.807, 2.05) is 23.6 Å². The van der Waals surface area contributed by atoms with Gasteiger partial charge in [-0.15, -0.1) is 0 Å². The summed E-state index contributed by atoms with van der Waals surface area (Å²) in [5.74, 6) is 1.53. The van der Waals surface area contributed by atoms with Gasteiger partial charge in [-0.1, -0.05) is 6.07 Å². The molecule has 0 atom stereocenters. The van der Waals surface area contributed by atoms with Crippen LogP contribution in [0.4, 0.5) is 18.9 Å². The summed E-state index contributed by atoms with van der Waals surface area (Å²) in [6.45, 7) is 2.20. The maximum Gasteiger partial charge on any atom is 0.416 e. The van der Waals surface area contributed by atoms with Gasteiger partial charge in [-0.05, 0) is 36.8 Å². The number of aromatic nitrogens is 3.